The number of hydrogen-bond donors (Lipinski definition) is 1. The van der Waals surface area contributed by atoms with Gasteiger partial charge in [0.2, 0.25) is 0 Å². The van der Waals surface area contributed by atoms with Crippen molar-refractivity contribution in [2.75, 3.05) is 0 Å². The van der Waals surface area contributed by atoms with E-state index in [1.54, 1.807) is 24.4 Å². The van der Waals surface area contributed by atoms with E-state index in [0.29, 0.717) is 17.9 Å². The number of nitriles is 1. The molecule has 0 aliphatic carbocycles. The van der Waals surface area contributed by atoms with Gasteiger partial charge in [-0.3, -0.25) is 9.78 Å². The van der Waals surface area contributed by atoms with Crippen molar-refractivity contribution < 1.29 is 9.90 Å². The van der Waals surface area contributed by atoms with Gasteiger partial charge in [-0.25, -0.2) is 0 Å². The van der Waals surface area contributed by atoms with Crippen molar-refractivity contribution in [2.24, 2.45) is 0 Å². The first-order valence-corrected chi connectivity index (χ1v) is 10.7. The fraction of sp³-hybridized carbons (Fsp3) is 0.179. The molecule has 1 atom stereocenters. The minimum atomic E-state index is -0.886. The molecule has 3 aromatic carbocycles. The smallest absolute Gasteiger partial charge is 0.311 e. The molecule has 1 aromatic heterocycles. The summed E-state index contributed by atoms with van der Waals surface area (Å²) in [4.78, 5) is 16.8. The number of aliphatic carboxylic acids is 1. The molecule has 4 nitrogen and oxygen atoms in total. The number of carboxylic acids is 1. The van der Waals surface area contributed by atoms with E-state index in [4.69, 9.17) is 5.26 Å². The monoisotopic (exact) mass is 420 g/mol. The van der Waals surface area contributed by atoms with Crippen molar-refractivity contribution in [3.8, 4) is 17.2 Å². The average molecular weight is 421 g/mol. The number of rotatable bonds is 6. The van der Waals surface area contributed by atoms with Crippen LogP contribution in [-0.2, 0) is 11.2 Å². The molecule has 0 bridgehead atoms. The molecule has 0 spiro atoms. The zero-order valence-corrected chi connectivity index (χ0v) is 18.1. The summed E-state index contributed by atoms with van der Waals surface area (Å²) in [7, 11) is 0. The second-order valence-corrected chi connectivity index (χ2v) is 8.33. The Bertz CT molecular complexity index is 1330. The molecule has 4 heteroatoms. The van der Waals surface area contributed by atoms with E-state index in [1.165, 1.54) is 5.56 Å². The first kappa shape index (κ1) is 21.3. The summed E-state index contributed by atoms with van der Waals surface area (Å²) >= 11 is 0. The topological polar surface area (TPSA) is 74.0 Å². The molecular formula is C28H24N2O2. The van der Waals surface area contributed by atoms with Gasteiger partial charge < -0.3 is 5.11 Å². The molecule has 0 fully saturated rings. The lowest BCUT2D eigenvalue weighted by Gasteiger charge is -2.16. The Hall–Kier alpha value is -3.97. The Morgan fingerprint density at radius 3 is 2.56 bits per heavy atom. The molecule has 0 aliphatic heterocycles. The maximum atomic E-state index is 12.2. The quantitative estimate of drug-likeness (QED) is 0.397. The van der Waals surface area contributed by atoms with Crippen LogP contribution >= 0.6 is 0 Å². The highest BCUT2D eigenvalue weighted by Crippen LogP contribution is 2.33. The number of carboxylic acid groups (broad SMARTS) is 1. The number of carbonyl (C=O) groups is 1. The maximum absolute atomic E-state index is 12.2. The zero-order valence-electron chi connectivity index (χ0n) is 18.1. The predicted molar refractivity (Wildman–Crippen MR) is 127 cm³/mol. The molecule has 0 amide bonds. The summed E-state index contributed by atoms with van der Waals surface area (Å²) in [6.45, 7) is 4.32. The van der Waals surface area contributed by atoms with Gasteiger partial charge in [0.25, 0.3) is 0 Å². The van der Waals surface area contributed by atoms with Crippen molar-refractivity contribution >= 4 is 16.9 Å². The lowest BCUT2D eigenvalue weighted by Crippen LogP contribution is -2.14. The first-order chi connectivity index (χ1) is 15.5. The summed E-state index contributed by atoms with van der Waals surface area (Å²) in [5.74, 6) is -1.24. The van der Waals surface area contributed by atoms with Crippen LogP contribution in [-0.4, -0.2) is 16.1 Å². The third kappa shape index (κ3) is 4.38. The lowest BCUT2D eigenvalue weighted by molar-refractivity contribution is -0.138. The van der Waals surface area contributed by atoms with Gasteiger partial charge in [-0.15, -0.1) is 0 Å². The third-order valence-electron chi connectivity index (χ3n) is 5.79. The van der Waals surface area contributed by atoms with Crippen molar-refractivity contribution in [2.45, 2.75) is 32.1 Å². The minimum absolute atomic E-state index is 0.319. The van der Waals surface area contributed by atoms with Gasteiger partial charge in [-0.1, -0.05) is 56.3 Å². The van der Waals surface area contributed by atoms with E-state index in [9.17, 15) is 9.90 Å². The first-order valence-electron chi connectivity index (χ1n) is 10.7. The van der Waals surface area contributed by atoms with E-state index < -0.39 is 11.9 Å². The van der Waals surface area contributed by atoms with Crippen LogP contribution in [0.15, 0.2) is 79.0 Å². The second kappa shape index (κ2) is 9.03. The van der Waals surface area contributed by atoms with Crippen LogP contribution in [0.25, 0.3) is 22.0 Å². The molecule has 1 N–H and O–H groups in total. The number of aromatic nitrogens is 1. The van der Waals surface area contributed by atoms with Crippen molar-refractivity contribution in [3.63, 3.8) is 0 Å². The van der Waals surface area contributed by atoms with Crippen molar-refractivity contribution in [1.82, 2.24) is 4.98 Å². The van der Waals surface area contributed by atoms with E-state index in [0.717, 1.165) is 33.2 Å². The molecule has 0 radical (unpaired) electrons. The van der Waals surface area contributed by atoms with Gasteiger partial charge in [-0.05, 0) is 64.9 Å². The molecular weight excluding hydrogens is 396 g/mol. The summed E-state index contributed by atoms with van der Waals surface area (Å²) in [5, 5.41) is 20.2. The molecule has 1 unspecified atom stereocenters. The van der Waals surface area contributed by atoms with Crippen molar-refractivity contribution in [3.05, 3.63) is 101 Å². The Kier molecular flexibility index (Phi) is 6.00. The van der Waals surface area contributed by atoms with E-state index in [-0.39, 0.29) is 0 Å². The van der Waals surface area contributed by atoms with Gasteiger partial charge in [-0.2, -0.15) is 5.26 Å². The SMILES string of the molecule is CC(C)c1cc(-c2cccc(C(Cc3cccc(C#N)c3)C(=O)O)c2)c2ncccc2c1. The number of benzene rings is 3. The lowest BCUT2D eigenvalue weighted by atomic mass is 9.88. The molecule has 0 saturated carbocycles. The summed E-state index contributed by atoms with van der Waals surface area (Å²) in [6.07, 6.45) is 2.10. The van der Waals surface area contributed by atoms with Crippen LogP contribution in [0.1, 0.15) is 47.9 Å². The Balaban J connectivity index is 1.79. The van der Waals surface area contributed by atoms with Crippen LogP contribution in [0.2, 0.25) is 0 Å². The van der Waals surface area contributed by atoms with Gasteiger partial charge >= 0.3 is 5.97 Å². The molecule has 32 heavy (non-hydrogen) atoms. The zero-order chi connectivity index (χ0) is 22.7. The van der Waals surface area contributed by atoms with Crippen LogP contribution in [0.4, 0.5) is 0 Å². The average Bonchev–Trinajstić information content (AvgIpc) is 2.81. The molecule has 158 valence electrons. The highest BCUT2D eigenvalue weighted by atomic mass is 16.4. The van der Waals surface area contributed by atoms with E-state index >= 15 is 0 Å². The van der Waals surface area contributed by atoms with Crippen LogP contribution in [0.3, 0.4) is 0 Å². The van der Waals surface area contributed by atoms with Gasteiger partial charge in [0.15, 0.2) is 0 Å². The van der Waals surface area contributed by atoms with E-state index in [1.807, 2.05) is 36.4 Å². The largest absolute Gasteiger partial charge is 0.481 e. The van der Waals surface area contributed by atoms with Crippen LogP contribution in [0.5, 0.6) is 0 Å². The molecule has 4 aromatic rings. The minimum Gasteiger partial charge on any atom is -0.481 e. The fourth-order valence-corrected chi connectivity index (χ4v) is 4.04. The summed E-state index contributed by atoms with van der Waals surface area (Å²) < 4.78 is 0. The predicted octanol–water partition coefficient (Wildman–Crippen LogP) is 6.31. The van der Waals surface area contributed by atoms with E-state index in [2.05, 4.69) is 43.1 Å². The fourth-order valence-electron chi connectivity index (χ4n) is 4.04. The highest BCUT2D eigenvalue weighted by molar-refractivity contribution is 5.94. The molecule has 1 heterocycles. The highest BCUT2D eigenvalue weighted by Gasteiger charge is 2.21. The number of nitrogens with zero attached hydrogens (tertiary/aromatic N) is 2. The van der Waals surface area contributed by atoms with Gasteiger partial charge in [0, 0.05) is 17.1 Å². The Labute approximate surface area is 187 Å². The molecule has 0 aliphatic rings. The maximum Gasteiger partial charge on any atom is 0.311 e. The van der Waals surface area contributed by atoms with Crippen LogP contribution < -0.4 is 0 Å². The normalized spacial score (nSPS) is 11.9. The van der Waals surface area contributed by atoms with Gasteiger partial charge in [0.05, 0.1) is 23.1 Å². The number of hydrogen-bond acceptors (Lipinski definition) is 3. The number of fused-ring (bicyclic) bond motifs is 1. The Morgan fingerprint density at radius 2 is 1.81 bits per heavy atom. The Morgan fingerprint density at radius 1 is 1.00 bits per heavy atom. The summed E-state index contributed by atoms with van der Waals surface area (Å²) in [5.41, 5.74) is 6.17. The second-order valence-electron chi connectivity index (χ2n) is 8.33. The number of pyridine rings is 1. The third-order valence-corrected chi connectivity index (χ3v) is 5.79. The van der Waals surface area contributed by atoms with Crippen LogP contribution in [0, 0.1) is 11.3 Å². The molecule has 0 saturated heterocycles. The standard InChI is InChI=1S/C28H24N2O2/c1-18(2)24-15-23-10-5-11-30-27(23)25(16-24)21-8-4-9-22(14-21)26(28(31)32)13-19-6-3-7-20(12-19)17-29/h3-12,14-16,18,26H,13H2,1-2H3,(H,31,32). The van der Waals surface area contributed by atoms with Crippen molar-refractivity contribution in [1.29, 1.82) is 5.26 Å². The molecule has 4 rings (SSSR count). The van der Waals surface area contributed by atoms with Gasteiger partial charge in [0.1, 0.15) is 0 Å². The summed E-state index contributed by atoms with van der Waals surface area (Å²) in [6, 6.07) is 25.3.